The molecule has 98 valence electrons. The van der Waals surface area contributed by atoms with E-state index in [-0.39, 0.29) is 0 Å². The second-order valence-electron chi connectivity index (χ2n) is 4.73. The Hall–Kier alpha value is -1.57. The van der Waals surface area contributed by atoms with Gasteiger partial charge < -0.3 is 15.3 Å². The molecule has 1 aromatic rings. The zero-order chi connectivity index (χ0) is 13.5. The molecule has 0 aliphatic carbocycles. The number of aliphatic hydroxyl groups is 1. The first-order valence-corrected chi connectivity index (χ1v) is 6.16. The van der Waals surface area contributed by atoms with Gasteiger partial charge in [-0.2, -0.15) is 5.26 Å². The molecule has 1 rings (SSSR count). The molecule has 0 saturated carbocycles. The molecule has 2 N–H and O–H groups in total. The van der Waals surface area contributed by atoms with Crippen molar-refractivity contribution in [3.05, 3.63) is 29.8 Å². The van der Waals surface area contributed by atoms with Crippen LogP contribution in [0.25, 0.3) is 0 Å². The van der Waals surface area contributed by atoms with Crippen molar-refractivity contribution in [1.29, 1.82) is 5.26 Å². The number of nitriles is 1. The maximum atomic E-state index is 9.91. The number of likely N-dealkylation sites (N-methyl/N-ethyl adjacent to an activating group) is 1. The van der Waals surface area contributed by atoms with E-state index in [1.54, 1.807) is 6.07 Å². The smallest absolute Gasteiger partial charge is 0.101 e. The van der Waals surface area contributed by atoms with E-state index in [9.17, 15) is 5.11 Å². The van der Waals surface area contributed by atoms with E-state index in [1.807, 2.05) is 44.0 Å². The van der Waals surface area contributed by atoms with Crippen LogP contribution in [-0.4, -0.2) is 37.4 Å². The minimum absolute atomic E-state index is 0.358. The molecule has 4 heteroatoms. The molecule has 0 spiro atoms. The Morgan fingerprint density at radius 3 is 2.67 bits per heavy atom. The summed E-state index contributed by atoms with van der Waals surface area (Å²) < 4.78 is 0. The number of nitrogens with zero attached hydrogens (tertiary/aromatic N) is 2. The van der Waals surface area contributed by atoms with Crippen molar-refractivity contribution in [1.82, 2.24) is 5.32 Å². The van der Waals surface area contributed by atoms with E-state index >= 15 is 0 Å². The summed E-state index contributed by atoms with van der Waals surface area (Å²) in [4.78, 5) is 1.91. The number of hydrogen-bond donors (Lipinski definition) is 2. The lowest BCUT2D eigenvalue weighted by Crippen LogP contribution is -2.39. The third kappa shape index (κ3) is 4.36. The second-order valence-corrected chi connectivity index (χ2v) is 4.73. The van der Waals surface area contributed by atoms with Crippen molar-refractivity contribution >= 4 is 5.69 Å². The molecule has 18 heavy (non-hydrogen) atoms. The fraction of sp³-hybridized carbons (Fsp3) is 0.500. The van der Waals surface area contributed by atoms with Crippen LogP contribution in [0.5, 0.6) is 0 Å². The highest BCUT2D eigenvalue weighted by molar-refractivity contribution is 5.58. The molecule has 0 fully saturated rings. The number of aliphatic hydroxyl groups excluding tert-OH is 1. The number of para-hydroxylation sites is 1. The minimum Gasteiger partial charge on any atom is -0.390 e. The van der Waals surface area contributed by atoms with Gasteiger partial charge >= 0.3 is 0 Å². The molecule has 0 bridgehead atoms. The monoisotopic (exact) mass is 247 g/mol. The molecule has 0 heterocycles. The number of hydrogen-bond acceptors (Lipinski definition) is 4. The lowest BCUT2D eigenvalue weighted by molar-refractivity contribution is 0.175. The van der Waals surface area contributed by atoms with Crippen LogP contribution in [0.1, 0.15) is 19.4 Å². The molecule has 0 aliphatic heterocycles. The molecule has 0 saturated heterocycles. The average molecular weight is 247 g/mol. The van der Waals surface area contributed by atoms with E-state index in [1.165, 1.54) is 0 Å². The maximum absolute atomic E-state index is 9.91. The molecule has 0 aliphatic rings. The van der Waals surface area contributed by atoms with E-state index in [4.69, 9.17) is 5.26 Å². The van der Waals surface area contributed by atoms with Crippen LogP contribution in [0.4, 0.5) is 5.69 Å². The van der Waals surface area contributed by atoms with Crippen molar-refractivity contribution in [2.24, 2.45) is 0 Å². The normalized spacial score (nSPS) is 12.2. The summed E-state index contributed by atoms with van der Waals surface area (Å²) in [6, 6.07) is 9.93. The minimum atomic E-state index is -0.454. The molecule has 0 aromatic heterocycles. The van der Waals surface area contributed by atoms with Gasteiger partial charge in [-0.05, 0) is 12.1 Å². The SMILES string of the molecule is CC(C)NCC(O)CN(C)c1ccccc1C#N. The van der Waals surface area contributed by atoms with Gasteiger partial charge in [0, 0.05) is 26.2 Å². The van der Waals surface area contributed by atoms with E-state index < -0.39 is 6.10 Å². The predicted octanol–water partition coefficient (Wildman–Crippen LogP) is 1.35. The van der Waals surface area contributed by atoms with Gasteiger partial charge in [0.1, 0.15) is 6.07 Å². The van der Waals surface area contributed by atoms with Crippen molar-refractivity contribution in [3.8, 4) is 6.07 Å². The Bertz CT molecular complexity index is 412. The highest BCUT2D eigenvalue weighted by Gasteiger charge is 2.11. The van der Waals surface area contributed by atoms with Gasteiger partial charge in [0.15, 0.2) is 0 Å². The van der Waals surface area contributed by atoms with Crippen molar-refractivity contribution < 1.29 is 5.11 Å². The van der Waals surface area contributed by atoms with Crippen LogP contribution in [-0.2, 0) is 0 Å². The molecule has 4 nitrogen and oxygen atoms in total. The molecule has 1 atom stereocenters. The largest absolute Gasteiger partial charge is 0.390 e. The number of rotatable bonds is 6. The van der Waals surface area contributed by atoms with E-state index in [0.717, 1.165) is 5.69 Å². The third-order valence-corrected chi connectivity index (χ3v) is 2.68. The zero-order valence-electron chi connectivity index (χ0n) is 11.2. The zero-order valence-corrected chi connectivity index (χ0v) is 11.2. The van der Waals surface area contributed by atoms with Crippen molar-refractivity contribution in [2.75, 3.05) is 25.0 Å². The van der Waals surface area contributed by atoms with Gasteiger partial charge in [0.05, 0.1) is 17.4 Å². The van der Waals surface area contributed by atoms with Crippen molar-refractivity contribution in [3.63, 3.8) is 0 Å². The van der Waals surface area contributed by atoms with Gasteiger partial charge in [-0.1, -0.05) is 26.0 Å². The first-order chi connectivity index (χ1) is 8.54. The Morgan fingerprint density at radius 1 is 1.39 bits per heavy atom. The number of benzene rings is 1. The lowest BCUT2D eigenvalue weighted by Gasteiger charge is -2.24. The van der Waals surface area contributed by atoms with Crippen LogP contribution in [0.15, 0.2) is 24.3 Å². The Balaban J connectivity index is 2.59. The summed E-state index contributed by atoms with van der Waals surface area (Å²) in [5.41, 5.74) is 1.48. The highest BCUT2D eigenvalue weighted by atomic mass is 16.3. The summed E-state index contributed by atoms with van der Waals surface area (Å²) in [6.45, 7) is 5.14. The first kappa shape index (κ1) is 14.5. The quantitative estimate of drug-likeness (QED) is 0.796. The van der Waals surface area contributed by atoms with Gasteiger partial charge in [0.2, 0.25) is 0 Å². The molecular weight excluding hydrogens is 226 g/mol. The van der Waals surface area contributed by atoms with Crippen LogP contribution >= 0.6 is 0 Å². The van der Waals surface area contributed by atoms with Gasteiger partial charge in [-0.25, -0.2) is 0 Å². The van der Waals surface area contributed by atoms with Crippen molar-refractivity contribution in [2.45, 2.75) is 26.0 Å². The highest BCUT2D eigenvalue weighted by Crippen LogP contribution is 2.17. The summed E-state index contributed by atoms with van der Waals surface area (Å²) in [6.07, 6.45) is -0.454. The summed E-state index contributed by atoms with van der Waals surface area (Å²) in [5, 5.41) is 22.1. The summed E-state index contributed by atoms with van der Waals surface area (Å²) in [7, 11) is 1.88. The topological polar surface area (TPSA) is 59.3 Å². The fourth-order valence-corrected chi connectivity index (χ4v) is 1.75. The van der Waals surface area contributed by atoms with Gasteiger partial charge in [-0.3, -0.25) is 0 Å². The average Bonchev–Trinajstić information content (AvgIpc) is 2.36. The van der Waals surface area contributed by atoms with Crippen LogP contribution in [0, 0.1) is 11.3 Å². The standard InChI is InChI=1S/C14H21N3O/c1-11(2)16-9-13(18)10-17(3)14-7-5-4-6-12(14)8-15/h4-7,11,13,16,18H,9-10H2,1-3H3. The Labute approximate surface area is 109 Å². The van der Waals surface area contributed by atoms with Crippen LogP contribution in [0.2, 0.25) is 0 Å². The van der Waals surface area contributed by atoms with E-state index in [2.05, 4.69) is 11.4 Å². The Morgan fingerprint density at radius 2 is 2.06 bits per heavy atom. The molecule has 0 radical (unpaired) electrons. The fourth-order valence-electron chi connectivity index (χ4n) is 1.75. The van der Waals surface area contributed by atoms with Gasteiger partial charge in [-0.15, -0.1) is 0 Å². The maximum Gasteiger partial charge on any atom is 0.101 e. The molecule has 1 aromatic carbocycles. The molecule has 1 unspecified atom stereocenters. The van der Waals surface area contributed by atoms with Gasteiger partial charge in [0.25, 0.3) is 0 Å². The second kappa shape index (κ2) is 7.00. The summed E-state index contributed by atoms with van der Waals surface area (Å²) in [5.74, 6) is 0. The molecular formula is C14H21N3O. The van der Waals surface area contributed by atoms with Crippen LogP contribution in [0.3, 0.4) is 0 Å². The molecule has 0 amide bonds. The third-order valence-electron chi connectivity index (χ3n) is 2.68. The van der Waals surface area contributed by atoms with E-state index in [0.29, 0.717) is 24.7 Å². The summed E-state index contributed by atoms with van der Waals surface area (Å²) >= 11 is 0. The number of anilines is 1. The number of nitrogens with one attached hydrogen (secondary N) is 1. The first-order valence-electron chi connectivity index (χ1n) is 6.16. The van der Waals surface area contributed by atoms with Crippen LogP contribution < -0.4 is 10.2 Å². The Kier molecular flexibility index (Phi) is 5.63. The predicted molar refractivity (Wildman–Crippen MR) is 73.6 cm³/mol. The lowest BCUT2D eigenvalue weighted by atomic mass is 10.1.